The topological polar surface area (TPSA) is 64.3 Å². The van der Waals surface area contributed by atoms with Gasteiger partial charge in [-0.3, -0.25) is 0 Å². The van der Waals surface area contributed by atoms with Gasteiger partial charge in [-0.25, -0.2) is 4.98 Å². The molecule has 2 aromatic rings. The average molecular weight is 221 g/mol. The zero-order chi connectivity index (χ0) is 11.5. The van der Waals surface area contributed by atoms with Crippen LogP contribution in [0.15, 0.2) is 12.4 Å². The lowest BCUT2D eigenvalue weighted by molar-refractivity contribution is 0.206. The van der Waals surface area contributed by atoms with E-state index in [1.807, 2.05) is 27.0 Å². The highest BCUT2D eigenvalue weighted by Gasteiger charge is 2.09. The molecule has 2 heterocycles. The maximum atomic E-state index is 5.77. The van der Waals surface area contributed by atoms with Gasteiger partial charge < -0.3 is 10.1 Å². The van der Waals surface area contributed by atoms with Gasteiger partial charge in [-0.2, -0.15) is 14.6 Å². The molecule has 0 aromatic carbocycles. The Morgan fingerprint density at radius 3 is 3.12 bits per heavy atom. The fourth-order valence-corrected chi connectivity index (χ4v) is 1.52. The summed E-state index contributed by atoms with van der Waals surface area (Å²) in [5.41, 5.74) is 0.868. The first-order chi connectivity index (χ1) is 7.70. The van der Waals surface area contributed by atoms with Crippen LogP contribution in [0.5, 0.6) is 5.88 Å². The van der Waals surface area contributed by atoms with Gasteiger partial charge in [0.1, 0.15) is 12.4 Å². The molecule has 0 aliphatic rings. The first-order valence-corrected chi connectivity index (χ1v) is 5.19. The van der Waals surface area contributed by atoms with E-state index in [0.29, 0.717) is 11.7 Å². The van der Waals surface area contributed by atoms with Gasteiger partial charge >= 0.3 is 0 Å². The van der Waals surface area contributed by atoms with Crippen LogP contribution in [0.1, 0.15) is 12.6 Å². The molecule has 0 radical (unpaired) electrons. The summed E-state index contributed by atoms with van der Waals surface area (Å²) < 4.78 is 7.36. The van der Waals surface area contributed by atoms with Crippen LogP contribution in [0.4, 0.5) is 0 Å². The molecule has 0 saturated heterocycles. The summed E-state index contributed by atoms with van der Waals surface area (Å²) in [6, 6.07) is 1.86. The molecule has 2 aromatic heterocycles. The molecular weight excluding hydrogens is 206 g/mol. The fourth-order valence-electron chi connectivity index (χ4n) is 1.52. The molecule has 1 unspecified atom stereocenters. The van der Waals surface area contributed by atoms with Gasteiger partial charge in [0, 0.05) is 18.3 Å². The van der Waals surface area contributed by atoms with E-state index in [0.717, 1.165) is 12.2 Å². The number of nitrogens with one attached hydrogen (secondary N) is 1. The Labute approximate surface area is 93.7 Å². The van der Waals surface area contributed by atoms with E-state index >= 15 is 0 Å². The van der Waals surface area contributed by atoms with E-state index in [-0.39, 0.29) is 6.10 Å². The number of aromatic nitrogens is 4. The van der Waals surface area contributed by atoms with Crippen LogP contribution in [-0.4, -0.2) is 39.3 Å². The highest BCUT2D eigenvalue weighted by atomic mass is 16.5. The number of aryl methyl sites for hydroxylation is 1. The third-order valence-electron chi connectivity index (χ3n) is 2.16. The number of likely N-dealkylation sites (N-methyl/N-ethyl adjacent to an activating group) is 1. The Morgan fingerprint density at radius 2 is 2.38 bits per heavy atom. The van der Waals surface area contributed by atoms with Gasteiger partial charge in [0.2, 0.25) is 5.88 Å². The van der Waals surface area contributed by atoms with Crippen LogP contribution in [0, 0.1) is 6.92 Å². The third kappa shape index (κ3) is 2.11. The highest BCUT2D eigenvalue weighted by molar-refractivity contribution is 5.32. The van der Waals surface area contributed by atoms with E-state index in [4.69, 9.17) is 4.74 Å². The maximum Gasteiger partial charge on any atom is 0.255 e. The van der Waals surface area contributed by atoms with Crippen molar-refractivity contribution in [2.45, 2.75) is 20.0 Å². The first-order valence-electron chi connectivity index (χ1n) is 5.19. The maximum absolute atomic E-state index is 5.77. The van der Waals surface area contributed by atoms with Crippen LogP contribution in [-0.2, 0) is 0 Å². The summed E-state index contributed by atoms with van der Waals surface area (Å²) in [5, 5.41) is 7.13. The Hall–Kier alpha value is -1.69. The summed E-state index contributed by atoms with van der Waals surface area (Å²) in [6.07, 6.45) is 1.54. The molecule has 0 saturated carbocycles. The normalized spacial score (nSPS) is 12.9. The van der Waals surface area contributed by atoms with Crippen molar-refractivity contribution in [1.82, 2.24) is 24.9 Å². The van der Waals surface area contributed by atoms with E-state index < -0.39 is 0 Å². The van der Waals surface area contributed by atoms with Crippen molar-refractivity contribution in [2.24, 2.45) is 0 Å². The Kier molecular flexibility index (Phi) is 3.00. The van der Waals surface area contributed by atoms with Gasteiger partial charge in [0.15, 0.2) is 0 Å². The fraction of sp³-hybridized carbons (Fsp3) is 0.500. The summed E-state index contributed by atoms with van der Waals surface area (Å²) in [7, 11) is 1.89. The van der Waals surface area contributed by atoms with Crippen LogP contribution in [0.2, 0.25) is 0 Å². The zero-order valence-electron chi connectivity index (χ0n) is 9.64. The second-order valence-electron chi connectivity index (χ2n) is 3.69. The number of nitrogens with zero attached hydrogens (tertiary/aromatic N) is 4. The van der Waals surface area contributed by atoms with Crippen LogP contribution < -0.4 is 10.1 Å². The number of ether oxygens (including phenoxy) is 1. The second kappa shape index (κ2) is 4.44. The molecule has 0 aliphatic carbocycles. The van der Waals surface area contributed by atoms with Crippen molar-refractivity contribution in [3.05, 3.63) is 18.1 Å². The van der Waals surface area contributed by atoms with Crippen molar-refractivity contribution >= 4 is 5.78 Å². The number of hydrogen-bond acceptors (Lipinski definition) is 5. The smallest absolute Gasteiger partial charge is 0.255 e. The molecule has 0 bridgehead atoms. The Morgan fingerprint density at radius 1 is 1.56 bits per heavy atom. The molecule has 0 fully saturated rings. The molecule has 0 spiro atoms. The monoisotopic (exact) mass is 221 g/mol. The Balaban J connectivity index is 2.31. The Bertz CT molecular complexity index is 481. The minimum absolute atomic E-state index is 0.0687. The van der Waals surface area contributed by atoms with Crippen molar-refractivity contribution in [3.63, 3.8) is 0 Å². The number of rotatable bonds is 4. The largest absolute Gasteiger partial charge is 0.473 e. The number of fused-ring (bicyclic) bond motifs is 1. The molecular formula is C10H15N5O. The SMILES string of the molecule is CNCC(C)Oc1cc(C)nc2ncnn12. The molecule has 2 rings (SSSR count). The van der Waals surface area contributed by atoms with Crippen molar-refractivity contribution < 1.29 is 4.74 Å². The first kappa shape index (κ1) is 10.8. The van der Waals surface area contributed by atoms with Gasteiger partial charge in [0.05, 0.1) is 0 Å². The molecule has 1 N–H and O–H groups in total. The molecule has 0 amide bonds. The van der Waals surface area contributed by atoms with Crippen LogP contribution in [0.25, 0.3) is 5.78 Å². The zero-order valence-corrected chi connectivity index (χ0v) is 9.64. The predicted molar refractivity (Wildman–Crippen MR) is 59.5 cm³/mol. The van der Waals surface area contributed by atoms with Crippen molar-refractivity contribution in [3.8, 4) is 5.88 Å². The standard InChI is InChI=1S/C10H15N5O/c1-7-4-9(16-8(2)5-11-3)15-10(14-7)12-6-13-15/h4,6,8,11H,5H2,1-3H3. The molecule has 1 atom stereocenters. The van der Waals surface area contributed by atoms with Crippen molar-refractivity contribution in [1.29, 1.82) is 0 Å². The molecule has 16 heavy (non-hydrogen) atoms. The third-order valence-corrected chi connectivity index (χ3v) is 2.16. The number of hydrogen-bond donors (Lipinski definition) is 1. The van der Waals surface area contributed by atoms with E-state index in [1.165, 1.54) is 6.33 Å². The molecule has 86 valence electrons. The minimum Gasteiger partial charge on any atom is -0.473 e. The molecule has 6 nitrogen and oxygen atoms in total. The van der Waals surface area contributed by atoms with Gasteiger partial charge in [0.25, 0.3) is 5.78 Å². The lowest BCUT2D eigenvalue weighted by Crippen LogP contribution is -2.26. The van der Waals surface area contributed by atoms with Gasteiger partial charge in [-0.1, -0.05) is 0 Å². The second-order valence-corrected chi connectivity index (χ2v) is 3.69. The lowest BCUT2D eigenvalue weighted by atomic mass is 10.4. The van der Waals surface area contributed by atoms with Crippen LogP contribution >= 0.6 is 0 Å². The summed E-state index contributed by atoms with van der Waals surface area (Å²) in [5.74, 6) is 1.23. The average Bonchev–Trinajstić information content (AvgIpc) is 2.65. The van der Waals surface area contributed by atoms with Gasteiger partial charge in [-0.05, 0) is 20.9 Å². The minimum atomic E-state index is 0.0687. The quantitative estimate of drug-likeness (QED) is 0.810. The van der Waals surface area contributed by atoms with Crippen LogP contribution in [0.3, 0.4) is 0 Å². The summed E-state index contributed by atoms with van der Waals surface area (Å²) in [4.78, 5) is 8.28. The predicted octanol–water partition coefficient (Wildman–Crippen LogP) is 0.419. The van der Waals surface area contributed by atoms with E-state index in [1.54, 1.807) is 4.52 Å². The molecule has 6 heteroatoms. The highest BCUT2D eigenvalue weighted by Crippen LogP contribution is 2.13. The molecule has 0 aliphatic heterocycles. The lowest BCUT2D eigenvalue weighted by Gasteiger charge is -2.14. The summed E-state index contributed by atoms with van der Waals surface area (Å²) >= 11 is 0. The van der Waals surface area contributed by atoms with E-state index in [9.17, 15) is 0 Å². The summed E-state index contributed by atoms with van der Waals surface area (Å²) in [6.45, 7) is 4.68. The van der Waals surface area contributed by atoms with Gasteiger partial charge in [-0.15, -0.1) is 0 Å². The van der Waals surface area contributed by atoms with E-state index in [2.05, 4.69) is 20.4 Å². The van der Waals surface area contributed by atoms with Crippen molar-refractivity contribution in [2.75, 3.05) is 13.6 Å².